The van der Waals surface area contributed by atoms with Crippen molar-refractivity contribution in [1.29, 1.82) is 0 Å². The Balaban J connectivity index is 1.82. The van der Waals surface area contributed by atoms with Crippen LogP contribution < -0.4 is 5.32 Å². The van der Waals surface area contributed by atoms with Crippen molar-refractivity contribution in [1.82, 2.24) is 14.9 Å². The number of benzene rings is 1. The molecule has 1 aromatic carbocycles. The first kappa shape index (κ1) is 14.0. The summed E-state index contributed by atoms with van der Waals surface area (Å²) in [6.45, 7) is 3.62. The highest BCUT2D eigenvalue weighted by molar-refractivity contribution is 7.08. The smallest absolute Gasteiger partial charge is 0.265 e. The van der Waals surface area contributed by atoms with Gasteiger partial charge in [0.1, 0.15) is 16.2 Å². The number of hydrogen-bond donors (Lipinski definition) is 1. The van der Waals surface area contributed by atoms with Crippen molar-refractivity contribution in [3.8, 4) is 0 Å². The quantitative estimate of drug-likeness (QED) is 0.798. The summed E-state index contributed by atoms with van der Waals surface area (Å²) in [4.78, 5) is 12.7. The molecule has 5 nitrogen and oxygen atoms in total. The van der Waals surface area contributed by atoms with Crippen LogP contribution in [0.25, 0.3) is 11.0 Å². The molecule has 3 rings (SSSR count). The zero-order valence-corrected chi connectivity index (χ0v) is 13.0. The van der Waals surface area contributed by atoms with Crippen LogP contribution in [0, 0.1) is 6.92 Å². The molecule has 21 heavy (non-hydrogen) atoms. The maximum atomic E-state index is 12.1. The van der Waals surface area contributed by atoms with Crippen molar-refractivity contribution < 1.29 is 9.21 Å². The van der Waals surface area contributed by atoms with E-state index in [0.29, 0.717) is 21.4 Å². The van der Waals surface area contributed by atoms with E-state index in [1.54, 1.807) is 13.0 Å². The number of fused-ring (bicyclic) bond motifs is 1. The van der Waals surface area contributed by atoms with Crippen LogP contribution in [0.15, 0.2) is 28.7 Å². The van der Waals surface area contributed by atoms with E-state index in [0.717, 1.165) is 22.5 Å². The van der Waals surface area contributed by atoms with Gasteiger partial charge < -0.3 is 9.73 Å². The fraction of sp³-hybridized carbons (Fsp3) is 0.214. The topological polar surface area (TPSA) is 68.0 Å². The zero-order chi connectivity index (χ0) is 15.0. The zero-order valence-electron chi connectivity index (χ0n) is 11.4. The number of aryl methyl sites for hydroxylation is 1. The van der Waals surface area contributed by atoms with Crippen LogP contribution in [0.4, 0.5) is 0 Å². The van der Waals surface area contributed by atoms with E-state index in [1.807, 2.05) is 25.1 Å². The van der Waals surface area contributed by atoms with E-state index < -0.39 is 0 Å². The maximum Gasteiger partial charge on any atom is 0.265 e. The third kappa shape index (κ3) is 2.77. The summed E-state index contributed by atoms with van der Waals surface area (Å²) in [5.41, 5.74) is 1.37. The summed E-state index contributed by atoms with van der Waals surface area (Å²) in [7, 11) is 0. The summed E-state index contributed by atoms with van der Waals surface area (Å²) < 4.78 is 9.49. The minimum atomic E-state index is -0.259. The number of furan rings is 1. The molecule has 0 saturated carbocycles. The predicted octanol–water partition coefficient (Wildman–Crippen LogP) is 3.74. The molecule has 2 aromatic heterocycles. The molecule has 0 aliphatic heterocycles. The molecular formula is C14H12ClN3O2S. The molecule has 1 N–H and O–H groups in total. The normalized spacial score (nSPS) is 12.5. The first-order chi connectivity index (χ1) is 10.0. The number of carbonyl (C=O) groups is 1. The van der Waals surface area contributed by atoms with Gasteiger partial charge in [0.15, 0.2) is 0 Å². The number of aromatic nitrogens is 2. The van der Waals surface area contributed by atoms with Crippen LogP contribution in [0.2, 0.25) is 5.02 Å². The van der Waals surface area contributed by atoms with Gasteiger partial charge in [-0.05, 0) is 49.6 Å². The van der Waals surface area contributed by atoms with Crippen molar-refractivity contribution in [3.63, 3.8) is 0 Å². The van der Waals surface area contributed by atoms with Crippen LogP contribution in [0.1, 0.15) is 34.1 Å². The Morgan fingerprint density at radius 1 is 1.43 bits per heavy atom. The molecule has 0 spiro atoms. The molecule has 1 atom stereocenters. The van der Waals surface area contributed by atoms with E-state index >= 15 is 0 Å². The Morgan fingerprint density at radius 2 is 2.24 bits per heavy atom. The number of rotatable bonds is 3. The van der Waals surface area contributed by atoms with Gasteiger partial charge in [0, 0.05) is 10.4 Å². The molecular weight excluding hydrogens is 310 g/mol. The van der Waals surface area contributed by atoms with Gasteiger partial charge in [0.25, 0.3) is 5.91 Å². The number of carbonyl (C=O) groups excluding carboxylic acids is 1. The Hall–Kier alpha value is -1.92. The second kappa shape index (κ2) is 5.46. The molecule has 108 valence electrons. The Labute approximate surface area is 130 Å². The largest absolute Gasteiger partial charge is 0.459 e. The Bertz CT molecular complexity index is 812. The van der Waals surface area contributed by atoms with Gasteiger partial charge in [0.05, 0.1) is 11.7 Å². The van der Waals surface area contributed by atoms with Gasteiger partial charge in [-0.2, -0.15) is 0 Å². The van der Waals surface area contributed by atoms with Crippen LogP contribution in [-0.4, -0.2) is 15.5 Å². The van der Waals surface area contributed by atoms with Crippen LogP contribution in [-0.2, 0) is 0 Å². The third-order valence-corrected chi connectivity index (χ3v) is 4.19. The number of halogens is 1. The lowest BCUT2D eigenvalue weighted by Gasteiger charge is -2.10. The number of nitrogens with zero attached hydrogens (tertiary/aromatic N) is 2. The van der Waals surface area contributed by atoms with E-state index in [-0.39, 0.29) is 11.9 Å². The Kier molecular flexibility index (Phi) is 3.65. The Morgan fingerprint density at radius 3 is 2.95 bits per heavy atom. The monoisotopic (exact) mass is 321 g/mol. The van der Waals surface area contributed by atoms with E-state index in [1.165, 1.54) is 0 Å². The van der Waals surface area contributed by atoms with Crippen LogP contribution in [0.5, 0.6) is 0 Å². The highest BCUT2D eigenvalue weighted by Gasteiger charge is 2.18. The predicted molar refractivity (Wildman–Crippen MR) is 81.8 cm³/mol. The van der Waals surface area contributed by atoms with Gasteiger partial charge >= 0.3 is 0 Å². The van der Waals surface area contributed by atoms with Crippen molar-refractivity contribution in [2.24, 2.45) is 0 Å². The third-order valence-electron chi connectivity index (χ3n) is 3.13. The second-order valence-corrected chi connectivity index (χ2v) is 5.90. The second-order valence-electron chi connectivity index (χ2n) is 4.71. The summed E-state index contributed by atoms with van der Waals surface area (Å²) in [6.07, 6.45) is 0. The highest BCUT2D eigenvalue weighted by Crippen LogP contribution is 2.26. The molecule has 0 aliphatic carbocycles. The molecule has 0 saturated heterocycles. The molecule has 3 aromatic rings. The van der Waals surface area contributed by atoms with Gasteiger partial charge in [-0.3, -0.25) is 4.79 Å². The molecule has 0 radical (unpaired) electrons. The molecule has 0 aliphatic rings. The van der Waals surface area contributed by atoms with E-state index in [9.17, 15) is 4.79 Å². The number of nitrogens with one attached hydrogen (secondary N) is 1. The summed E-state index contributed by atoms with van der Waals surface area (Å²) in [5.74, 6) is 0.476. The van der Waals surface area contributed by atoms with E-state index in [4.69, 9.17) is 16.0 Å². The van der Waals surface area contributed by atoms with Crippen molar-refractivity contribution in [3.05, 3.63) is 45.6 Å². The van der Waals surface area contributed by atoms with Crippen molar-refractivity contribution >= 4 is 40.0 Å². The van der Waals surface area contributed by atoms with E-state index in [2.05, 4.69) is 14.9 Å². The minimum Gasteiger partial charge on any atom is -0.459 e. The van der Waals surface area contributed by atoms with Crippen molar-refractivity contribution in [2.75, 3.05) is 0 Å². The SMILES string of the molecule is Cc1nnsc1C(=O)N[C@H](C)c1cc2cc(Cl)ccc2o1. The highest BCUT2D eigenvalue weighted by atomic mass is 35.5. The first-order valence-corrected chi connectivity index (χ1v) is 7.48. The maximum absolute atomic E-state index is 12.1. The van der Waals surface area contributed by atoms with Gasteiger partial charge in [-0.1, -0.05) is 16.1 Å². The minimum absolute atomic E-state index is 0.200. The van der Waals surface area contributed by atoms with Crippen molar-refractivity contribution in [2.45, 2.75) is 19.9 Å². The fourth-order valence-electron chi connectivity index (χ4n) is 2.02. The lowest BCUT2D eigenvalue weighted by atomic mass is 10.2. The molecule has 7 heteroatoms. The molecule has 0 bridgehead atoms. The number of amides is 1. The average molecular weight is 322 g/mol. The van der Waals surface area contributed by atoms with Gasteiger partial charge in [-0.15, -0.1) is 5.10 Å². The molecule has 2 heterocycles. The fourth-order valence-corrected chi connectivity index (χ4v) is 2.76. The first-order valence-electron chi connectivity index (χ1n) is 6.33. The van der Waals surface area contributed by atoms with Gasteiger partial charge in [0.2, 0.25) is 0 Å². The van der Waals surface area contributed by atoms with Crippen LogP contribution >= 0.6 is 23.1 Å². The standard InChI is InChI=1S/C14H12ClN3O2S/c1-7(16-14(19)13-8(2)17-18-21-13)12-6-9-5-10(15)3-4-11(9)20-12/h3-7H,1-2H3,(H,16,19)/t7-/m1/s1. The lowest BCUT2D eigenvalue weighted by molar-refractivity contribution is 0.0939. The van der Waals surface area contributed by atoms with Crippen LogP contribution in [0.3, 0.4) is 0 Å². The lowest BCUT2D eigenvalue weighted by Crippen LogP contribution is -2.26. The molecule has 0 fully saturated rings. The molecule has 0 unspecified atom stereocenters. The van der Waals surface area contributed by atoms with Gasteiger partial charge in [-0.25, -0.2) is 0 Å². The molecule has 1 amide bonds. The summed E-state index contributed by atoms with van der Waals surface area (Å²) in [5, 5.41) is 8.27. The number of hydrogen-bond acceptors (Lipinski definition) is 5. The average Bonchev–Trinajstić information content (AvgIpc) is 3.04. The summed E-state index contributed by atoms with van der Waals surface area (Å²) in [6, 6.07) is 7.03. The summed E-state index contributed by atoms with van der Waals surface area (Å²) >= 11 is 7.03.